The summed E-state index contributed by atoms with van der Waals surface area (Å²) in [6, 6.07) is 0. The van der Waals surface area contributed by atoms with Gasteiger partial charge in [0, 0.05) is 0 Å². The molecule has 0 spiro atoms. The van der Waals surface area contributed by atoms with Crippen LogP contribution in [0.15, 0.2) is 4.52 Å². The summed E-state index contributed by atoms with van der Waals surface area (Å²) in [6.07, 6.45) is 0. The van der Waals surface area contributed by atoms with Crippen LogP contribution in [0.5, 0.6) is 0 Å². The van der Waals surface area contributed by atoms with Crippen LogP contribution in [0.2, 0.25) is 0 Å². The first-order chi connectivity index (χ1) is 7.18. The molecule has 0 amide bonds. The first-order valence-corrected chi connectivity index (χ1v) is 9.45. The Balaban J connectivity index is 3.17. The molecular weight excluding hydrogens is 292 g/mol. The molecule has 1 rings (SSSR count). The highest BCUT2D eigenvalue weighted by Crippen LogP contribution is 2.64. The van der Waals surface area contributed by atoms with Crippen molar-refractivity contribution in [3.05, 3.63) is 0 Å². The molecule has 0 saturated carbocycles. The molecule has 0 saturated heterocycles. The quantitative estimate of drug-likeness (QED) is 0.179. The fraction of sp³-hybridized carbons (Fsp3) is 0. The van der Waals surface area contributed by atoms with Crippen LogP contribution >= 0.6 is 32.6 Å². The zero-order valence-electron chi connectivity index (χ0n) is 8.20. The first-order valence-electron chi connectivity index (χ1n) is 3.67. The molecular formula is H16N12P4. The SMILES string of the molecule is NN1P(N)N=P(N)(N)N(N)P(N)N(N)P1N. The maximum atomic E-state index is 5.76. The highest BCUT2D eigenvalue weighted by molar-refractivity contribution is 7.81. The van der Waals surface area contributed by atoms with Gasteiger partial charge < -0.3 is 0 Å². The second kappa shape index (κ2) is 5.38. The second-order valence-electron chi connectivity index (χ2n) is 2.71. The Morgan fingerprint density at radius 1 is 0.875 bits per heavy atom. The highest BCUT2D eigenvalue weighted by Gasteiger charge is 2.37. The summed E-state index contributed by atoms with van der Waals surface area (Å²) in [7, 11) is -7.85. The van der Waals surface area contributed by atoms with Gasteiger partial charge in [-0.25, -0.2) is 4.52 Å². The monoisotopic (exact) mass is 308 g/mol. The molecule has 0 radical (unpaired) electrons. The number of nitrogens with two attached hydrogens (primary N) is 8. The minimum absolute atomic E-state index is 1.03. The second-order valence-corrected chi connectivity index (χ2v) is 10.3. The summed E-state index contributed by atoms with van der Waals surface area (Å²) < 4.78 is 7.23. The Labute approximate surface area is 96.4 Å². The van der Waals surface area contributed by atoms with Crippen molar-refractivity contribution in [1.82, 2.24) is 13.6 Å². The molecule has 3 atom stereocenters. The minimum Gasteiger partial charge on any atom is -0.282 e. The molecule has 3 unspecified atom stereocenters. The molecule has 12 nitrogen and oxygen atoms in total. The molecule has 16 heavy (non-hydrogen) atoms. The number of hydrogen-bond donors (Lipinski definition) is 8. The maximum absolute atomic E-state index is 5.76. The summed E-state index contributed by atoms with van der Waals surface area (Å²) in [5.41, 5.74) is 28.7. The molecule has 0 aromatic carbocycles. The van der Waals surface area contributed by atoms with Gasteiger partial charge in [0.15, 0.2) is 32.6 Å². The van der Waals surface area contributed by atoms with E-state index in [1.165, 1.54) is 0 Å². The van der Waals surface area contributed by atoms with Crippen molar-refractivity contribution in [3.63, 3.8) is 0 Å². The Morgan fingerprint density at radius 3 is 1.88 bits per heavy atom. The number of rotatable bonds is 0. The van der Waals surface area contributed by atoms with E-state index in [9.17, 15) is 0 Å². The molecule has 0 aromatic rings. The summed E-state index contributed by atoms with van der Waals surface area (Å²) in [4.78, 5) is 0. The molecule has 1 aliphatic rings. The third kappa shape index (κ3) is 2.90. The standard InChI is InChI=1S/H16N12P4/c1-10-13(4)9-16(7,8)12(3)15(6)11(2)14(10)5/h1-8H2. The van der Waals surface area contributed by atoms with E-state index in [1.54, 1.807) is 0 Å². The Kier molecular flexibility index (Phi) is 5.09. The van der Waals surface area contributed by atoms with Crippen LogP contribution in [0.4, 0.5) is 0 Å². The molecule has 16 heteroatoms. The van der Waals surface area contributed by atoms with Gasteiger partial charge in [-0.15, -0.1) is 13.6 Å². The summed E-state index contributed by atoms with van der Waals surface area (Å²) in [6.45, 7) is 0. The molecule has 0 aliphatic carbocycles. The molecule has 0 fully saturated rings. The van der Waals surface area contributed by atoms with Crippen LogP contribution in [0.3, 0.4) is 0 Å². The van der Waals surface area contributed by atoms with Gasteiger partial charge in [0.05, 0.1) is 0 Å². The van der Waals surface area contributed by atoms with E-state index in [1.807, 2.05) is 0 Å². The summed E-state index contributed by atoms with van der Waals surface area (Å²) in [5, 5.41) is 0. The molecule has 16 N–H and O–H groups in total. The van der Waals surface area contributed by atoms with Crippen LogP contribution in [0.25, 0.3) is 0 Å². The van der Waals surface area contributed by atoms with Crippen molar-refractivity contribution in [2.24, 2.45) is 49.6 Å². The van der Waals surface area contributed by atoms with Gasteiger partial charge in [-0.2, -0.15) is 0 Å². The Bertz CT molecular complexity index is 293. The van der Waals surface area contributed by atoms with Crippen molar-refractivity contribution in [2.45, 2.75) is 0 Å². The molecule has 0 aromatic heterocycles. The van der Waals surface area contributed by atoms with Gasteiger partial charge >= 0.3 is 0 Å². The van der Waals surface area contributed by atoms with E-state index < -0.39 is 32.6 Å². The van der Waals surface area contributed by atoms with Crippen molar-refractivity contribution in [3.8, 4) is 0 Å². The minimum atomic E-state index is -2.96. The normalized spacial score (nSPS) is 38.9. The highest BCUT2D eigenvalue weighted by atomic mass is 31.3. The average molecular weight is 308 g/mol. The maximum Gasteiger partial charge on any atom is 0.186 e. The van der Waals surface area contributed by atoms with Crippen molar-refractivity contribution in [2.75, 3.05) is 0 Å². The zero-order valence-corrected chi connectivity index (χ0v) is 11.8. The molecule has 0 bridgehead atoms. The van der Waals surface area contributed by atoms with Crippen molar-refractivity contribution < 1.29 is 0 Å². The van der Waals surface area contributed by atoms with Crippen LogP contribution < -0.4 is 45.0 Å². The first kappa shape index (κ1) is 15.1. The van der Waals surface area contributed by atoms with Gasteiger partial charge in [0.25, 0.3) is 0 Å². The lowest BCUT2D eigenvalue weighted by Gasteiger charge is -2.41. The third-order valence-electron chi connectivity index (χ3n) is 1.61. The van der Waals surface area contributed by atoms with Crippen molar-refractivity contribution >= 4 is 32.6 Å². The molecule has 96 valence electrons. The van der Waals surface area contributed by atoms with E-state index in [0.29, 0.717) is 0 Å². The van der Waals surface area contributed by atoms with Gasteiger partial charge in [-0.1, -0.05) is 0 Å². The lowest BCUT2D eigenvalue weighted by molar-refractivity contribution is 0.613. The third-order valence-corrected chi connectivity index (χ3v) is 9.86. The topological polar surface area (TPSA) is 230 Å². The molecule has 1 aliphatic heterocycles. The average Bonchev–Trinajstić information content (AvgIpc) is 2.22. The van der Waals surface area contributed by atoms with Crippen molar-refractivity contribution in [1.29, 1.82) is 0 Å². The van der Waals surface area contributed by atoms with Gasteiger partial charge in [-0.05, 0) is 0 Å². The zero-order chi connectivity index (χ0) is 12.7. The summed E-state index contributed by atoms with van der Waals surface area (Å²) in [5.74, 6) is 17.0. The largest absolute Gasteiger partial charge is 0.282 e. The van der Waals surface area contributed by atoms with Gasteiger partial charge in [-0.3, -0.25) is 45.0 Å². The summed E-state index contributed by atoms with van der Waals surface area (Å²) >= 11 is 0. The van der Waals surface area contributed by atoms with Crippen LogP contribution in [0, 0.1) is 0 Å². The number of hydrogen-bond acceptors (Lipinski definition) is 12. The lowest BCUT2D eigenvalue weighted by atomic mass is 12.9. The van der Waals surface area contributed by atoms with E-state index >= 15 is 0 Å². The van der Waals surface area contributed by atoms with E-state index in [4.69, 9.17) is 45.0 Å². The Morgan fingerprint density at radius 2 is 1.38 bits per heavy atom. The lowest BCUT2D eigenvalue weighted by Crippen LogP contribution is -2.45. The number of nitrogens with zero attached hydrogens (tertiary/aromatic N) is 4. The smallest absolute Gasteiger partial charge is 0.186 e. The predicted molar refractivity (Wildman–Crippen MR) is 69.1 cm³/mol. The Hall–Kier alpha value is 1.08. The fourth-order valence-corrected chi connectivity index (χ4v) is 7.69. The van der Waals surface area contributed by atoms with Gasteiger partial charge in [0.2, 0.25) is 0 Å². The fourth-order valence-electron chi connectivity index (χ4n) is 0.751. The van der Waals surface area contributed by atoms with Crippen LogP contribution in [-0.2, 0) is 0 Å². The van der Waals surface area contributed by atoms with E-state index in [-0.39, 0.29) is 0 Å². The number of hydrazine groups is 3. The van der Waals surface area contributed by atoms with Gasteiger partial charge in [0.1, 0.15) is 0 Å². The van der Waals surface area contributed by atoms with Crippen LogP contribution in [0.1, 0.15) is 0 Å². The van der Waals surface area contributed by atoms with E-state index in [0.717, 1.165) is 13.6 Å². The molecule has 1 heterocycles. The van der Waals surface area contributed by atoms with E-state index in [2.05, 4.69) is 4.52 Å². The predicted octanol–water partition coefficient (Wildman–Crippen LogP) is -2.05. The van der Waals surface area contributed by atoms with Crippen LogP contribution in [-0.4, -0.2) is 13.6 Å².